The lowest BCUT2D eigenvalue weighted by atomic mass is 9.95. The average molecular weight is 744 g/mol. The first-order chi connectivity index (χ1) is 24.1. The maximum Gasteiger partial charge on any atom is 0.229 e. The van der Waals surface area contributed by atoms with Crippen molar-refractivity contribution >= 4 is 57.3 Å². The molecule has 0 aliphatic rings. The number of aromatic hydroxyl groups is 1. The molecule has 0 aliphatic carbocycles. The first kappa shape index (κ1) is 51.2. The molecule has 1 heterocycles. The van der Waals surface area contributed by atoms with Crippen molar-refractivity contribution in [2.24, 2.45) is 5.41 Å². The van der Waals surface area contributed by atoms with Gasteiger partial charge in [0.2, 0.25) is 11.8 Å². The van der Waals surface area contributed by atoms with Gasteiger partial charge in [-0.1, -0.05) is 157 Å². The molecule has 0 spiro atoms. The molecule has 0 bridgehead atoms. The Morgan fingerprint density at radius 2 is 1.18 bits per heavy atom. The number of hydrogen-bond donors (Lipinski definition) is 4. The standard InChI is InChI=1S/C11H14ClNO.C11H13NO.C6H6ClN.C6H7NO.4C2H6/c1-11(2,3)10(14)13-9-6-4-5-8(12)7-9;1-11(2,3)10-12-8-6-4-5-7-9(8)13-10;7-5-2-1-3-6(8)4-5;7-5-3-1-2-4-6(5)8;4*1-2/h4-7H,1-3H3,(H,13,14);4-7H,1-3H3;1-4H,8H2;1-4,8H,7H2;4*1-2H3. The van der Waals surface area contributed by atoms with Crippen LogP contribution in [0, 0.1) is 5.41 Å². The smallest absolute Gasteiger partial charge is 0.229 e. The Morgan fingerprint density at radius 1 is 0.686 bits per heavy atom. The number of phenolic OH excluding ortho intramolecular Hbond substituents is 1. The molecule has 1 amide bonds. The molecular formula is C42H64Cl2N4O3. The van der Waals surface area contributed by atoms with E-state index in [1.807, 2.05) is 113 Å². The molecular weight excluding hydrogens is 679 g/mol. The van der Waals surface area contributed by atoms with Crippen molar-refractivity contribution in [3.63, 3.8) is 0 Å². The number of fused-ring (bicyclic) bond motifs is 1. The molecule has 0 unspecified atom stereocenters. The van der Waals surface area contributed by atoms with E-state index in [0.29, 0.717) is 21.4 Å². The number of aromatic nitrogens is 1. The molecule has 7 nitrogen and oxygen atoms in total. The van der Waals surface area contributed by atoms with Crippen LogP contribution in [0.5, 0.6) is 5.75 Å². The largest absolute Gasteiger partial charge is 0.506 e. The van der Waals surface area contributed by atoms with Crippen LogP contribution in [-0.4, -0.2) is 16.0 Å². The Hall–Kier alpha value is -4.20. The number of rotatable bonds is 1. The Labute approximate surface area is 318 Å². The number of nitrogens with two attached hydrogens (primary N) is 2. The third kappa shape index (κ3) is 23.0. The maximum absolute atomic E-state index is 11.6. The Kier molecular flexibility index (Phi) is 28.6. The van der Waals surface area contributed by atoms with E-state index in [1.54, 1.807) is 60.7 Å². The van der Waals surface area contributed by atoms with Crippen molar-refractivity contribution < 1.29 is 14.3 Å². The van der Waals surface area contributed by atoms with Gasteiger partial charge in [-0.2, -0.15) is 0 Å². The zero-order valence-corrected chi connectivity index (χ0v) is 34.9. The first-order valence-electron chi connectivity index (χ1n) is 17.5. The molecule has 9 heteroatoms. The fraction of sp³-hybridized carbons (Fsp3) is 0.381. The van der Waals surface area contributed by atoms with Crippen molar-refractivity contribution in [2.45, 2.75) is 102 Å². The fourth-order valence-electron chi connectivity index (χ4n) is 3.07. The number of nitrogen functional groups attached to an aromatic ring is 2. The highest BCUT2D eigenvalue weighted by atomic mass is 35.5. The highest BCUT2D eigenvalue weighted by Crippen LogP contribution is 2.25. The lowest BCUT2D eigenvalue weighted by Crippen LogP contribution is -2.27. The van der Waals surface area contributed by atoms with Crippen LogP contribution in [0.2, 0.25) is 10.0 Å². The summed E-state index contributed by atoms with van der Waals surface area (Å²) in [6, 6.07) is 28.8. The Morgan fingerprint density at radius 3 is 1.57 bits per heavy atom. The van der Waals surface area contributed by atoms with Crippen LogP contribution >= 0.6 is 23.2 Å². The van der Waals surface area contributed by atoms with Gasteiger partial charge in [-0.3, -0.25) is 4.79 Å². The number of nitrogens with zero attached hydrogens (tertiary/aromatic N) is 1. The Bertz CT molecular complexity index is 1540. The SMILES string of the molecule is CC.CC.CC.CC.CC(C)(C)C(=O)Nc1cccc(Cl)c1.CC(C)(C)c1nc2ccccc2o1.Nc1cccc(Cl)c1.Nc1ccccc1O. The van der Waals surface area contributed by atoms with Gasteiger partial charge in [0.05, 0.1) is 5.69 Å². The summed E-state index contributed by atoms with van der Waals surface area (Å²) in [5, 5.41) is 12.9. The molecule has 0 atom stereocenters. The molecule has 0 saturated carbocycles. The molecule has 5 rings (SSSR count). The summed E-state index contributed by atoms with van der Waals surface area (Å²) in [6.45, 7) is 27.9. The number of benzene rings is 4. The predicted octanol–water partition coefficient (Wildman–Crippen LogP) is 13.5. The molecule has 51 heavy (non-hydrogen) atoms. The monoisotopic (exact) mass is 742 g/mol. The van der Waals surface area contributed by atoms with Crippen molar-refractivity contribution in [1.29, 1.82) is 0 Å². The molecule has 4 aromatic carbocycles. The number of amides is 1. The van der Waals surface area contributed by atoms with E-state index in [0.717, 1.165) is 22.7 Å². The highest BCUT2D eigenvalue weighted by Gasteiger charge is 2.21. The topological polar surface area (TPSA) is 127 Å². The molecule has 5 aromatic rings. The second-order valence-electron chi connectivity index (χ2n) is 11.6. The summed E-state index contributed by atoms with van der Waals surface area (Å²) < 4.78 is 5.62. The van der Waals surface area contributed by atoms with Crippen molar-refractivity contribution in [3.05, 3.63) is 113 Å². The second kappa shape index (κ2) is 28.5. The van der Waals surface area contributed by atoms with E-state index in [-0.39, 0.29) is 22.5 Å². The van der Waals surface area contributed by atoms with Crippen LogP contribution in [0.3, 0.4) is 0 Å². The number of hydrogen-bond acceptors (Lipinski definition) is 6. The van der Waals surface area contributed by atoms with Gasteiger partial charge in [0, 0.05) is 32.3 Å². The minimum absolute atomic E-state index is 0.0141. The summed E-state index contributed by atoms with van der Waals surface area (Å²) in [5.74, 6) is 0.931. The normalized spacial score (nSPS) is 9.49. The summed E-state index contributed by atoms with van der Waals surface area (Å²) in [5.41, 5.74) is 13.9. The summed E-state index contributed by atoms with van der Waals surface area (Å²) in [6.07, 6.45) is 0. The van der Waals surface area contributed by atoms with Crippen LogP contribution in [-0.2, 0) is 10.2 Å². The van der Waals surface area contributed by atoms with Gasteiger partial charge < -0.3 is 26.3 Å². The van der Waals surface area contributed by atoms with Gasteiger partial charge in [0.1, 0.15) is 11.3 Å². The van der Waals surface area contributed by atoms with Crippen molar-refractivity contribution in [1.82, 2.24) is 4.98 Å². The number of para-hydroxylation sites is 4. The van der Waals surface area contributed by atoms with Crippen molar-refractivity contribution in [2.75, 3.05) is 16.8 Å². The first-order valence-corrected chi connectivity index (χ1v) is 18.3. The minimum atomic E-state index is -0.387. The van der Waals surface area contributed by atoms with Gasteiger partial charge in [-0.25, -0.2) is 4.98 Å². The second-order valence-corrected chi connectivity index (χ2v) is 12.4. The zero-order chi connectivity index (χ0) is 40.2. The summed E-state index contributed by atoms with van der Waals surface area (Å²) in [4.78, 5) is 16.0. The predicted molar refractivity (Wildman–Crippen MR) is 226 cm³/mol. The number of halogens is 2. The lowest BCUT2D eigenvalue weighted by molar-refractivity contribution is -0.123. The highest BCUT2D eigenvalue weighted by molar-refractivity contribution is 6.31. The third-order valence-electron chi connectivity index (χ3n) is 5.48. The summed E-state index contributed by atoms with van der Waals surface area (Å²) in [7, 11) is 0. The number of nitrogens with one attached hydrogen (secondary N) is 1. The number of anilines is 3. The van der Waals surface area contributed by atoms with Crippen LogP contribution in [0.15, 0.2) is 101 Å². The number of carbonyl (C=O) groups is 1. The number of carbonyl (C=O) groups excluding carboxylic acids is 1. The summed E-state index contributed by atoms with van der Waals surface area (Å²) >= 11 is 11.4. The van der Waals surface area contributed by atoms with E-state index in [2.05, 4.69) is 31.1 Å². The molecule has 0 radical (unpaired) electrons. The third-order valence-corrected chi connectivity index (χ3v) is 5.95. The fourth-order valence-corrected chi connectivity index (χ4v) is 3.46. The van der Waals surface area contributed by atoms with E-state index in [1.165, 1.54) is 0 Å². The van der Waals surface area contributed by atoms with Crippen LogP contribution in [0.25, 0.3) is 11.1 Å². The van der Waals surface area contributed by atoms with E-state index < -0.39 is 0 Å². The van der Waals surface area contributed by atoms with Gasteiger partial charge in [0.15, 0.2) is 5.58 Å². The zero-order valence-electron chi connectivity index (χ0n) is 33.4. The molecule has 6 N–H and O–H groups in total. The molecule has 0 aliphatic heterocycles. The number of phenols is 1. The quantitative estimate of drug-likeness (QED) is 0.1000. The Balaban J connectivity index is -0.000000576. The van der Waals surface area contributed by atoms with Crippen LogP contribution in [0.1, 0.15) is 103 Å². The molecule has 0 saturated heterocycles. The minimum Gasteiger partial charge on any atom is -0.506 e. The van der Waals surface area contributed by atoms with Gasteiger partial charge in [0.25, 0.3) is 0 Å². The van der Waals surface area contributed by atoms with Crippen molar-refractivity contribution in [3.8, 4) is 5.75 Å². The van der Waals surface area contributed by atoms with E-state index in [9.17, 15) is 4.79 Å². The van der Waals surface area contributed by atoms with Crippen LogP contribution < -0.4 is 16.8 Å². The van der Waals surface area contributed by atoms with Crippen LogP contribution in [0.4, 0.5) is 17.1 Å². The van der Waals surface area contributed by atoms with Gasteiger partial charge in [-0.15, -0.1) is 0 Å². The lowest BCUT2D eigenvalue weighted by Gasteiger charge is -2.17. The molecule has 1 aromatic heterocycles. The van der Waals surface area contributed by atoms with Gasteiger partial charge >= 0.3 is 0 Å². The van der Waals surface area contributed by atoms with Gasteiger partial charge in [-0.05, 0) is 60.7 Å². The maximum atomic E-state index is 11.6. The molecule has 284 valence electrons. The molecule has 0 fully saturated rings. The average Bonchev–Trinajstić information content (AvgIpc) is 3.56. The van der Waals surface area contributed by atoms with E-state index >= 15 is 0 Å². The number of oxazole rings is 1. The van der Waals surface area contributed by atoms with E-state index in [4.69, 9.17) is 44.2 Å².